The van der Waals surface area contributed by atoms with Gasteiger partial charge in [0.25, 0.3) is 5.91 Å². The Morgan fingerprint density at radius 2 is 1.76 bits per heavy atom. The van der Waals surface area contributed by atoms with Crippen LogP contribution in [0.1, 0.15) is 47.3 Å². The molecular weight excluding hydrogens is 426 g/mol. The van der Waals surface area contributed by atoms with Gasteiger partial charge in [-0.1, -0.05) is 61.4 Å². The standard InChI is InChI=1S/C28H25N3O3/c1-34-27(33)21-10-7-9-20(17-21)25-14-8-13-24(30-25)18-22(19-29)26(32)31-28(15-5-6-16-28)23-11-3-2-4-12-23/h2-4,7-14,17-18H,5-6,15-16H2,1H3,(H,31,32). The van der Waals surface area contributed by atoms with Crippen LogP contribution in [-0.4, -0.2) is 24.0 Å². The number of methoxy groups -OCH3 is 1. The Kier molecular flexibility index (Phi) is 6.84. The van der Waals surface area contributed by atoms with Gasteiger partial charge in [0.1, 0.15) is 11.6 Å². The number of nitrogens with zero attached hydrogens (tertiary/aromatic N) is 2. The normalized spacial score (nSPS) is 14.8. The third kappa shape index (κ3) is 4.89. The number of nitrogens with one attached hydrogen (secondary N) is 1. The topological polar surface area (TPSA) is 92.1 Å². The van der Waals surface area contributed by atoms with Crippen LogP contribution in [0, 0.1) is 11.3 Å². The summed E-state index contributed by atoms with van der Waals surface area (Å²) in [5.74, 6) is -0.839. The molecule has 2 aromatic carbocycles. The number of carbonyl (C=O) groups excluding carboxylic acids is 2. The fourth-order valence-electron chi connectivity index (χ4n) is 4.42. The molecule has 0 atom stereocenters. The average molecular weight is 452 g/mol. The van der Waals surface area contributed by atoms with Gasteiger partial charge in [0.05, 0.1) is 29.6 Å². The van der Waals surface area contributed by atoms with E-state index in [0.717, 1.165) is 36.8 Å². The van der Waals surface area contributed by atoms with Gasteiger partial charge in [-0.05, 0) is 48.7 Å². The minimum atomic E-state index is -0.460. The van der Waals surface area contributed by atoms with Gasteiger partial charge in [0.15, 0.2) is 0 Å². The van der Waals surface area contributed by atoms with Crippen molar-refractivity contribution >= 4 is 18.0 Å². The molecule has 0 bridgehead atoms. The van der Waals surface area contributed by atoms with Crippen LogP contribution in [-0.2, 0) is 15.1 Å². The maximum absolute atomic E-state index is 13.1. The maximum atomic E-state index is 13.1. The van der Waals surface area contributed by atoms with E-state index in [1.54, 1.807) is 30.3 Å². The molecule has 1 heterocycles. The summed E-state index contributed by atoms with van der Waals surface area (Å²) >= 11 is 0. The predicted molar refractivity (Wildman–Crippen MR) is 129 cm³/mol. The van der Waals surface area contributed by atoms with Gasteiger partial charge in [-0.25, -0.2) is 9.78 Å². The van der Waals surface area contributed by atoms with Crippen LogP contribution in [0.4, 0.5) is 0 Å². The zero-order chi connectivity index (χ0) is 24.0. The Hall–Kier alpha value is -4.24. The Morgan fingerprint density at radius 1 is 1.03 bits per heavy atom. The number of amides is 1. The van der Waals surface area contributed by atoms with Crippen LogP contribution in [0.3, 0.4) is 0 Å². The van der Waals surface area contributed by atoms with E-state index in [-0.39, 0.29) is 5.57 Å². The van der Waals surface area contributed by atoms with Crippen molar-refractivity contribution in [2.45, 2.75) is 31.2 Å². The first-order chi connectivity index (χ1) is 16.5. The summed E-state index contributed by atoms with van der Waals surface area (Å²) in [7, 11) is 1.33. The third-order valence-corrected chi connectivity index (χ3v) is 6.14. The molecule has 0 unspecified atom stereocenters. The summed E-state index contributed by atoms with van der Waals surface area (Å²) in [5.41, 5.74) is 2.84. The van der Waals surface area contributed by atoms with E-state index < -0.39 is 17.4 Å². The first-order valence-corrected chi connectivity index (χ1v) is 11.2. The van der Waals surface area contributed by atoms with Crippen LogP contribution in [0.5, 0.6) is 0 Å². The molecular formula is C28H25N3O3. The number of ether oxygens (including phenoxy) is 1. The van der Waals surface area contributed by atoms with Crippen molar-refractivity contribution in [2.24, 2.45) is 0 Å². The molecule has 0 saturated heterocycles. The lowest BCUT2D eigenvalue weighted by molar-refractivity contribution is -0.119. The number of esters is 1. The monoisotopic (exact) mass is 451 g/mol. The number of hydrogen-bond acceptors (Lipinski definition) is 5. The quantitative estimate of drug-likeness (QED) is 0.322. The van der Waals surface area contributed by atoms with Crippen LogP contribution >= 0.6 is 0 Å². The lowest BCUT2D eigenvalue weighted by Gasteiger charge is -2.31. The van der Waals surface area contributed by atoms with Gasteiger partial charge in [-0.3, -0.25) is 4.79 Å². The highest BCUT2D eigenvalue weighted by Gasteiger charge is 2.37. The van der Waals surface area contributed by atoms with Crippen LogP contribution in [0.25, 0.3) is 17.3 Å². The molecule has 1 aliphatic rings. The van der Waals surface area contributed by atoms with Gasteiger partial charge in [-0.15, -0.1) is 0 Å². The minimum absolute atomic E-state index is 0.00447. The van der Waals surface area contributed by atoms with E-state index in [9.17, 15) is 14.9 Å². The summed E-state index contributed by atoms with van der Waals surface area (Å²) in [6.07, 6.45) is 5.22. The van der Waals surface area contributed by atoms with E-state index in [4.69, 9.17) is 4.74 Å². The summed E-state index contributed by atoms with van der Waals surface area (Å²) < 4.78 is 4.79. The molecule has 0 aliphatic heterocycles. The lowest BCUT2D eigenvalue weighted by atomic mass is 9.88. The second-order valence-electron chi connectivity index (χ2n) is 8.30. The number of benzene rings is 2. The van der Waals surface area contributed by atoms with Crippen molar-refractivity contribution < 1.29 is 14.3 Å². The van der Waals surface area contributed by atoms with Crippen molar-refractivity contribution in [3.63, 3.8) is 0 Å². The molecule has 1 N–H and O–H groups in total. The summed E-state index contributed by atoms with van der Waals surface area (Å²) in [6.45, 7) is 0. The first-order valence-electron chi connectivity index (χ1n) is 11.2. The number of pyridine rings is 1. The highest BCUT2D eigenvalue weighted by molar-refractivity contribution is 6.02. The molecule has 3 aromatic rings. The van der Waals surface area contributed by atoms with Crippen LogP contribution in [0.2, 0.25) is 0 Å². The largest absolute Gasteiger partial charge is 0.465 e. The van der Waals surface area contributed by atoms with Crippen molar-refractivity contribution in [2.75, 3.05) is 7.11 Å². The molecule has 1 aliphatic carbocycles. The Morgan fingerprint density at radius 3 is 2.47 bits per heavy atom. The molecule has 0 radical (unpaired) electrons. The summed E-state index contributed by atoms with van der Waals surface area (Å²) in [4.78, 5) is 29.6. The molecule has 170 valence electrons. The van der Waals surface area contributed by atoms with Crippen LogP contribution < -0.4 is 5.32 Å². The number of nitriles is 1. The second-order valence-corrected chi connectivity index (χ2v) is 8.30. The predicted octanol–water partition coefficient (Wildman–Crippen LogP) is 5.03. The van der Waals surface area contributed by atoms with Gasteiger partial charge in [0, 0.05) is 5.56 Å². The molecule has 4 rings (SSSR count). The lowest BCUT2D eigenvalue weighted by Crippen LogP contribution is -2.44. The molecule has 1 fully saturated rings. The van der Waals surface area contributed by atoms with E-state index >= 15 is 0 Å². The highest BCUT2D eigenvalue weighted by Crippen LogP contribution is 2.38. The first kappa shape index (κ1) is 22.9. The van der Waals surface area contributed by atoms with Crippen molar-refractivity contribution in [3.8, 4) is 17.3 Å². The van der Waals surface area contributed by atoms with Crippen molar-refractivity contribution in [1.29, 1.82) is 5.26 Å². The molecule has 0 spiro atoms. The van der Waals surface area contributed by atoms with Crippen molar-refractivity contribution in [1.82, 2.24) is 10.3 Å². The Bertz CT molecular complexity index is 1270. The average Bonchev–Trinajstić information content (AvgIpc) is 3.37. The number of aromatic nitrogens is 1. The second kappa shape index (κ2) is 10.1. The molecule has 34 heavy (non-hydrogen) atoms. The minimum Gasteiger partial charge on any atom is -0.465 e. The fraction of sp³-hybridized carbons (Fsp3) is 0.214. The SMILES string of the molecule is COC(=O)c1cccc(-c2cccc(C=C(C#N)C(=O)NC3(c4ccccc4)CCCC3)n2)c1. The van der Waals surface area contributed by atoms with Crippen molar-refractivity contribution in [3.05, 3.63) is 95.2 Å². The van der Waals surface area contributed by atoms with E-state index in [1.165, 1.54) is 13.2 Å². The summed E-state index contributed by atoms with van der Waals surface area (Å²) in [6, 6.07) is 24.3. The number of carbonyl (C=O) groups is 2. The van der Waals surface area contributed by atoms with E-state index in [1.807, 2.05) is 48.5 Å². The van der Waals surface area contributed by atoms with Crippen LogP contribution in [0.15, 0.2) is 78.4 Å². The van der Waals surface area contributed by atoms with Gasteiger partial charge >= 0.3 is 5.97 Å². The number of hydrogen-bond donors (Lipinski definition) is 1. The maximum Gasteiger partial charge on any atom is 0.337 e. The third-order valence-electron chi connectivity index (χ3n) is 6.14. The molecule has 6 nitrogen and oxygen atoms in total. The molecule has 1 saturated carbocycles. The van der Waals surface area contributed by atoms with Gasteiger partial charge in [-0.2, -0.15) is 5.26 Å². The molecule has 6 heteroatoms. The Balaban J connectivity index is 1.60. The van der Waals surface area contributed by atoms with E-state index in [0.29, 0.717) is 17.0 Å². The summed E-state index contributed by atoms with van der Waals surface area (Å²) in [5, 5.41) is 12.9. The van der Waals surface area contributed by atoms with Gasteiger partial charge < -0.3 is 10.1 Å². The molecule has 1 amide bonds. The Labute approximate surface area is 198 Å². The fourth-order valence-corrected chi connectivity index (χ4v) is 4.42. The van der Waals surface area contributed by atoms with E-state index in [2.05, 4.69) is 10.3 Å². The highest BCUT2D eigenvalue weighted by atomic mass is 16.5. The zero-order valence-corrected chi connectivity index (χ0v) is 19.0. The van der Waals surface area contributed by atoms with Gasteiger partial charge in [0.2, 0.25) is 0 Å². The molecule has 1 aromatic heterocycles. The zero-order valence-electron chi connectivity index (χ0n) is 19.0. The number of rotatable bonds is 6. The smallest absolute Gasteiger partial charge is 0.337 e.